The Bertz CT molecular complexity index is 625. The second kappa shape index (κ2) is 5.69. The summed E-state index contributed by atoms with van der Waals surface area (Å²) < 4.78 is 11.5. The number of nitrogens with zero attached hydrogens (tertiary/aromatic N) is 2. The summed E-state index contributed by atoms with van der Waals surface area (Å²) in [5, 5.41) is 7.51. The molecule has 2 aliphatic rings. The number of aromatic nitrogens is 2. The molecule has 0 saturated carbocycles. The molecule has 1 aromatic heterocycles. The molecule has 0 radical (unpaired) electrons. The van der Waals surface area contributed by atoms with Gasteiger partial charge in [-0.1, -0.05) is 17.3 Å². The van der Waals surface area contributed by atoms with E-state index in [2.05, 4.69) is 21.5 Å². The van der Waals surface area contributed by atoms with E-state index in [0.717, 1.165) is 43.3 Å². The smallest absolute Gasteiger partial charge is 0.231 e. The van der Waals surface area contributed by atoms with E-state index in [1.807, 2.05) is 18.2 Å². The molecule has 0 aliphatic carbocycles. The number of hydrogen-bond donors (Lipinski definition) is 1. The van der Waals surface area contributed by atoms with Crippen molar-refractivity contribution in [1.29, 1.82) is 0 Å². The Morgan fingerprint density at radius 2 is 2.24 bits per heavy atom. The zero-order valence-electron chi connectivity index (χ0n) is 11.6. The molecule has 2 aliphatic heterocycles. The zero-order valence-corrected chi connectivity index (χ0v) is 12.4. The number of fused-ring (bicyclic) bond motifs is 1. The highest BCUT2D eigenvalue weighted by Crippen LogP contribution is 2.39. The first-order chi connectivity index (χ1) is 10.4. The standard InChI is InChI=1S/C15H17N3O2S/c1-2-6-13-11(5-1)19-12(9-21-13)14-17-15(20-18-14)10-4-3-7-16-8-10/h1-2,5-6,10,12,16H,3-4,7-9H2. The lowest BCUT2D eigenvalue weighted by Crippen LogP contribution is -2.28. The molecule has 2 unspecified atom stereocenters. The van der Waals surface area contributed by atoms with Crippen molar-refractivity contribution in [3.05, 3.63) is 36.0 Å². The SMILES string of the molecule is c1ccc2c(c1)OC(c1noc(C3CCCNC3)n1)CS2. The largest absolute Gasteiger partial charge is 0.480 e. The summed E-state index contributed by atoms with van der Waals surface area (Å²) in [4.78, 5) is 5.75. The highest BCUT2D eigenvalue weighted by molar-refractivity contribution is 7.99. The van der Waals surface area contributed by atoms with Gasteiger partial charge in [0.2, 0.25) is 11.7 Å². The van der Waals surface area contributed by atoms with E-state index in [1.165, 1.54) is 4.90 Å². The molecule has 4 rings (SSSR count). The minimum absolute atomic E-state index is 0.126. The van der Waals surface area contributed by atoms with E-state index in [0.29, 0.717) is 11.7 Å². The molecule has 2 atom stereocenters. The van der Waals surface area contributed by atoms with Gasteiger partial charge in [-0.3, -0.25) is 0 Å². The van der Waals surface area contributed by atoms with Crippen LogP contribution in [0.3, 0.4) is 0 Å². The zero-order chi connectivity index (χ0) is 14.1. The van der Waals surface area contributed by atoms with Gasteiger partial charge in [0.25, 0.3) is 0 Å². The minimum Gasteiger partial charge on any atom is -0.480 e. The van der Waals surface area contributed by atoms with Gasteiger partial charge in [0.15, 0.2) is 6.10 Å². The Hall–Kier alpha value is -1.53. The van der Waals surface area contributed by atoms with Crippen molar-refractivity contribution < 1.29 is 9.26 Å². The lowest BCUT2D eigenvalue weighted by molar-refractivity contribution is 0.204. The fourth-order valence-corrected chi connectivity index (χ4v) is 3.73. The predicted molar refractivity (Wildman–Crippen MR) is 79.7 cm³/mol. The Morgan fingerprint density at radius 3 is 3.14 bits per heavy atom. The molecule has 6 heteroatoms. The molecule has 0 spiro atoms. The van der Waals surface area contributed by atoms with Gasteiger partial charge in [-0.25, -0.2) is 0 Å². The molecule has 110 valence electrons. The molecule has 1 N–H and O–H groups in total. The van der Waals surface area contributed by atoms with Crippen LogP contribution in [0.15, 0.2) is 33.7 Å². The first kappa shape index (κ1) is 13.2. The van der Waals surface area contributed by atoms with Crippen molar-refractivity contribution in [2.45, 2.75) is 29.8 Å². The van der Waals surface area contributed by atoms with Gasteiger partial charge < -0.3 is 14.6 Å². The number of ether oxygens (including phenoxy) is 1. The Morgan fingerprint density at radius 1 is 1.29 bits per heavy atom. The van der Waals surface area contributed by atoms with Gasteiger partial charge in [0, 0.05) is 17.2 Å². The lowest BCUT2D eigenvalue weighted by Gasteiger charge is -2.23. The van der Waals surface area contributed by atoms with Crippen molar-refractivity contribution in [1.82, 2.24) is 15.5 Å². The maximum absolute atomic E-state index is 6.00. The van der Waals surface area contributed by atoms with Crippen molar-refractivity contribution in [2.24, 2.45) is 0 Å². The van der Waals surface area contributed by atoms with Crippen LogP contribution in [0.5, 0.6) is 5.75 Å². The van der Waals surface area contributed by atoms with E-state index in [1.54, 1.807) is 11.8 Å². The number of thioether (sulfide) groups is 1. The van der Waals surface area contributed by atoms with E-state index in [9.17, 15) is 0 Å². The molecule has 2 aromatic rings. The fraction of sp³-hybridized carbons (Fsp3) is 0.467. The van der Waals surface area contributed by atoms with Gasteiger partial charge in [0.1, 0.15) is 5.75 Å². The van der Waals surface area contributed by atoms with Crippen LogP contribution in [0.1, 0.15) is 36.6 Å². The molecule has 0 amide bonds. The number of piperidine rings is 1. The van der Waals surface area contributed by atoms with Crippen LogP contribution in [-0.4, -0.2) is 29.0 Å². The van der Waals surface area contributed by atoms with Crippen LogP contribution in [-0.2, 0) is 0 Å². The first-order valence-electron chi connectivity index (χ1n) is 7.33. The topological polar surface area (TPSA) is 60.2 Å². The number of nitrogens with one attached hydrogen (secondary N) is 1. The highest BCUT2D eigenvalue weighted by atomic mass is 32.2. The third-order valence-corrected chi connectivity index (χ3v) is 5.02. The van der Waals surface area contributed by atoms with Crippen molar-refractivity contribution in [2.75, 3.05) is 18.8 Å². The summed E-state index contributed by atoms with van der Waals surface area (Å²) in [7, 11) is 0. The van der Waals surface area contributed by atoms with Crippen LogP contribution >= 0.6 is 11.8 Å². The van der Waals surface area contributed by atoms with Gasteiger partial charge in [0.05, 0.1) is 5.92 Å². The number of rotatable bonds is 2. The molecular formula is C15H17N3O2S. The molecular weight excluding hydrogens is 286 g/mol. The molecule has 3 heterocycles. The van der Waals surface area contributed by atoms with Crippen LogP contribution < -0.4 is 10.1 Å². The van der Waals surface area contributed by atoms with E-state index in [-0.39, 0.29) is 6.10 Å². The second-order valence-corrected chi connectivity index (χ2v) is 6.46. The Labute approximate surface area is 127 Å². The fourth-order valence-electron chi connectivity index (χ4n) is 2.75. The Kier molecular flexibility index (Phi) is 3.57. The summed E-state index contributed by atoms with van der Waals surface area (Å²) in [6.07, 6.45) is 2.14. The molecule has 1 saturated heterocycles. The quantitative estimate of drug-likeness (QED) is 0.920. The average Bonchev–Trinajstić information content (AvgIpc) is 3.05. The second-order valence-electron chi connectivity index (χ2n) is 5.40. The summed E-state index contributed by atoms with van der Waals surface area (Å²) in [6.45, 7) is 2.00. The van der Waals surface area contributed by atoms with Gasteiger partial charge in [-0.05, 0) is 31.5 Å². The van der Waals surface area contributed by atoms with Crippen molar-refractivity contribution >= 4 is 11.8 Å². The van der Waals surface area contributed by atoms with Gasteiger partial charge >= 0.3 is 0 Å². The average molecular weight is 303 g/mol. The molecule has 1 aromatic carbocycles. The Balaban J connectivity index is 1.51. The molecule has 1 fully saturated rings. The summed E-state index contributed by atoms with van der Waals surface area (Å²) in [5.74, 6) is 3.47. The highest BCUT2D eigenvalue weighted by Gasteiger charge is 2.28. The predicted octanol–water partition coefficient (Wildman–Crippen LogP) is 2.76. The number of benzene rings is 1. The molecule has 0 bridgehead atoms. The first-order valence-corrected chi connectivity index (χ1v) is 8.31. The van der Waals surface area contributed by atoms with Gasteiger partial charge in [-0.15, -0.1) is 11.8 Å². The number of para-hydroxylation sites is 1. The maximum atomic E-state index is 6.00. The molecule has 5 nitrogen and oxygen atoms in total. The van der Waals surface area contributed by atoms with Crippen LogP contribution in [0, 0.1) is 0 Å². The monoisotopic (exact) mass is 303 g/mol. The van der Waals surface area contributed by atoms with Gasteiger partial charge in [-0.2, -0.15) is 4.98 Å². The lowest BCUT2D eigenvalue weighted by atomic mass is 10.00. The molecule has 21 heavy (non-hydrogen) atoms. The summed E-state index contributed by atoms with van der Waals surface area (Å²) in [6, 6.07) is 8.07. The van der Waals surface area contributed by atoms with E-state index < -0.39 is 0 Å². The van der Waals surface area contributed by atoms with E-state index in [4.69, 9.17) is 9.26 Å². The normalized spacial score (nSPS) is 25.1. The van der Waals surface area contributed by atoms with Crippen LogP contribution in [0.2, 0.25) is 0 Å². The van der Waals surface area contributed by atoms with Crippen molar-refractivity contribution in [3.8, 4) is 5.75 Å². The summed E-state index contributed by atoms with van der Waals surface area (Å²) >= 11 is 1.78. The van der Waals surface area contributed by atoms with E-state index >= 15 is 0 Å². The minimum atomic E-state index is -0.126. The summed E-state index contributed by atoms with van der Waals surface area (Å²) in [5.41, 5.74) is 0. The van der Waals surface area contributed by atoms with Crippen LogP contribution in [0.4, 0.5) is 0 Å². The maximum Gasteiger partial charge on any atom is 0.231 e. The van der Waals surface area contributed by atoms with Crippen LogP contribution in [0.25, 0.3) is 0 Å². The van der Waals surface area contributed by atoms with Crippen molar-refractivity contribution in [3.63, 3.8) is 0 Å². The third-order valence-electron chi connectivity index (χ3n) is 3.90. The third kappa shape index (κ3) is 2.65. The number of hydrogen-bond acceptors (Lipinski definition) is 6.